The Morgan fingerprint density at radius 2 is 2.07 bits per heavy atom. The van der Waals surface area contributed by atoms with Crippen molar-refractivity contribution in [3.05, 3.63) is 0 Å². The Balaban J connectivity index is 0.000000461. The van der Waals surface area contributed by atoms with Crippen LogP contribution in [0.5, 0.6) is 0 Å². The van der Waals surface area contributed by atoms with Crippen LogP contribution in [0, 0.1) is 0 Å². The van der Waals surface area contributed by atoms with Crippen molar-refractivity contribution >= 4 is 5.91 Å². The van der Waals surface area contributed by atoms with Gasteiger partial charge in [-0.2, -0.15) is 0 Å². The van der Waals surface area contributed by atoms with Crippen LogP contribution in [0.3, 0.4) is 0 Å². The summed E-state index contributed by atoms with van der Waals surface area (Å²) in [5.41, 5.74) is 0.199. The highest BCUT2D eigenvalue weighted by atomic mass is 16.2. The van der Waals surface area contributed by atoms with E-state index in [1.54, 1.807) is 0 Å². The molecule has 2 rings (SSSR count). The van der Waals surface area contributed by atoms with Gasteiger partial charge in [-0.15, -0.1) is 0 Å². The smallest absolute Gasteiger partial charge is 0.234 e. The minimum Gasteiger partial charge on any atom is -0.348 e. The van der Waals surface area contributed by atoms with Gasteiger partial charge in [0, 0.05) is 6.54 Å². The van der Waals surface area contributed by atoms with Crippen molar-refractivity contribution in [3.63, 3.8) is 0 Å². The summed E-state index contributed by atoms with van der Waals surface area (Å²) in [6, 6.07) is 0. The summed E-state index contributed by atoms with van der Waals surface area (Å²) in [6.45, 7) is 8.91. The van der Waals surface area contributed by atoms with Gasteiger partial charge in [-0.3, -0.25) is 9.69 Å². The first-order chi connectivity index (χ1) is 6.74. The number of piperazine rings is 1. The van der Waals surface area contributed by atoms with Gasteiger partial charge < -0.3 is 5.32 Å². The summed E-state index contributed by atoms with van der Waals surface area (Å²) >= 11 is 0. The van der Waals surface area contributed by atoms with E-state index in [4.69, 9.17) is 0 Å². The van der Waals surface area contributed by atoms with E-state index < -0.39 is 0 Å². The second-order valence-corrected chi connectivity index (χ2v) is 4.04. The van der Waals surface area contributed by atoms with Crippen LogP contribution in [0.2, 0.25) is 0 Å². The molecule has 82 valence electrons. The molecule has 1 aliphatic heterocycles. The SMILES string of the molecule is CC.CCCN1CC(=O)NC2(CC2)C1. The first-order valence-corrected chi connectivity index (χ1v) is 5.77. The number of nitrogens with zero attached hydrogens (tertiary/aromatic N) is 1. The van der Waals surface area contributed by atoms with Crippen molar-refractivity contribution in [1.29, 1.82) is 0 Å². The fourth-order valence-corrected chi connectivity index (χ4v) is 1.97. The van der Waals surface area contributed by atoms with Crippen LogP contribution in [-0.4, -0.2) is 36.0 Å². The second kappa shape index (κ2) is 4.78. The van der Waals surface area contributed by atoms with Crippen LogP contribution in [0.25, 0.3) is 0 Å². The van der Waals surface area contributed by atoms with Gasteiger partial charge in [-0.25, -0.2) is 0 Å². The van der Waals surface area contributed by atoms with Crippen molar-refractivity contribution in [2.24, 2.45) is 0 Å². The van der Waals surface area contributed by atoms with E-state index in [2.05, 4.69) is 17.1 Å². The van der Waals surface area contributed by atoms with E-state index in [0.29, 0.717) is 6.54 Å². The monoisotopic (exact) mass is 198 g/mol. The third-order valence-electron chi connectivity index (χ3n) is 2.69. The Bertz CT molecular complexity index is 199. The van der Waals surface area contributed by atoms with Crippen LogP contribution < -0.4 is 5.32 Å². The zero-order valence-corrected chi connectivity index (χ0v) is 9.60. The summed E-state index contributed by atoms with van der Waals surface area (Å²) in [4.78, 5) is 13.5. The zero-order chi connectivity index (χ0) is 10.6. The van der Waals surface area contributed by atoms with Crippen molar-refractivity contribution in [3.8, 4) is 0 Å². The molecular formula is C11H22N2O. The largest absolute Gasteiger partial charge is 0.348 e. The van der Waals surface area contributed by atoms with E-state index >= 15 is 0 Å². The standard InChI is InChI=1S/C9H16N2O.C2H6/c1-2-5-11-6-8(12)10-9(7-11)3-4-9;1-2/h2-7H2,1H3,(H,10,12);1-2H3. The van der Waals surface area contributed by atoms with Gasteiger partial charge in [0.1, 0.15) is 0 Å². The second-order valence-electron chi connectivity index (χ2n) is 4.04. The average molecular weight is 198 g/mol. The molecule has 0 unspecified atom stereocenters. The molecule has 1 spiro atoms. The predicted molar refractivity (Wildman–Crippen MR) is 58.2 cm³/mol. The molecule has 3 heteroatoms. The molecule has 1 N–H and O–H groups in total. The number of nitrogens with one attached hydrogen (secondary N) is 1. The van der Waals surface area contributed by atoms with Crippen LogP contribution in [0.1, 0.15) is 40.0 Å². The molecule has 0 aromatic rings. The highest BCUT2D eigenvalue weighted by Crippen LogP contribution is 2.37. The van der Waals surface area contributed by atoms with E-state index in [9.17, 15) is 4.79 Å². The van der Waals surface area contributed by atoms with Crippen molar-refractivity contribution in [1.82, 2.24) is 10.2 Å². The highest BCUT2D eigenvalue weighted by molar-refractivity contribution is 5.80. The predicted octanol–water partition coefficient (Wildman–Crippen LogP) is 1.39. The summed E-state index contributed by atoms with van der Waals surface area (Å²) in [5, 5.41) is 3.07. The molecule has 3 nitrogen and oxygen atoms in total. The number of amides is 1. The molecule has 0 atom stereocenters. The highest BCUT2D eigenvalue weighted by Gasteiger charge is 2.47. The Labute approximate surface area is 86.9 Å². The Morgan fingerprint density at radius 3 is 2.57 bits per heavy atom. The lowest BCUT2D eigenvalue weighted by molar-refractivity contribution is -0.126. The summed E-state index contributed by atoms with van der Waals surface area (Å²) < 4.78 is 0. The maximum absolute atomic E-state index is 11.3. The topological polar surface area (TPSA) is 32.3 Å². The quantitative estimate of drug-likeness (QED) is 0.727. The average Bonchev–Trinajstić information content (AvgIpc) is 2.87. The lowest BCUT2D eigenvalue weighted by Gasteiger charge is -2.32. The number of carbonyl (C=O) groups excluding carboxylic acids is 1. The van der Waals surface area contributed by atoms with E-state index in [0.717, 1.165) is 19.5 Å². The van der Waals surface area contributed by atoms with Crippen LogP contribution in [-0.2, 0) is 4.79 Å². The van der Waals surface area contributed by atoms with Gasteiger partial charge in [0.15, 0.2) is 0 Å². The zero-order valence-electron chi connectivity index (χ0n) is 9.60. The Hall–Kier alpha value is -0.570. The molecule has 1 saturated carbocycles. The number of hydrogen-bond acceptors (Lipinski definition) is 2. The van der Waals surface area contributed by atoms with Crippen LogP contribution >= 0.6 is 0 Å². The molecule has 1 heterocycles. The molecule has 2 aliphatic rings. The summed E-state index contributed by atoms with van der Waals surface area (Å²) in [6.07, 6.45) is 3.50. The van der Waals surface area contributed by atoms with Gasteiger partial charge in [0.05, 0.1) is 12.1 Å². The molecule has 2 fully saturated rings. The van der Waals surface area contributed by atoms with Gasteiger partial charge in [-0.1, -0.05) is 20.8 Å². The molecule has 0 aromatic carbocycles. The van der Waals surface area contributed by atoms with E-state index in [1.165, 1.54) is 12.8 Å². The lowest BCUT2D eigenvalue weighted by atomic mass is 10.2. The molecule has 1 saturated heterocycles. The first-order valence-electron chi connectivity index (χ1n) is 5.77. The lowest BCUT2D eigenvalue weighted by Crippen LogP contribution is -2.55. The van der Waals surface area contributed by atoms with Gasteiger partial charge in [0.25, 0.3) is 0 Å². The molecular weight excluding hydrogens is 176 g/mol. The van der Waals surface area contributed by atoms with Crippen LogP contribution in [0.15, 0.2) is 0 Å². The minimum absolute atomic E-state index is 0.199. The molecule has 0 radical (unpaired) electrons. The third-order valence-corrected chi connectivity index (χ3v) is 2.69. The molecule has 1 aliphatic carbocycles. The van der Waals surface area contributed by atoms with Crippen molar-refractivity contribution in [2.45, 2.75) is 45.6 Å². The molecule has 1 amide bonds. The molecule has 14 heavy (non-hydrogen) atoms. The van der Waals surface area contributed by atoms with E-state index in [1.807, 2.05) is 13.8 Å². The maximum Gasteiger partial charge on any atom is 0.234 e. The van der Waals surface area contributed by atoms with Crippen molar-refractivity contribution in [2.75, 3.05) is 19.6 Å². The number of carbonyl (C=O) groups is 1. The number of rotatable bonds is 2. The van der Waals surface area contributed by atoms with Gasteiger partial charge in [0.2, 0.25) is 5.91 Å². The minimum atomic E-state index is 0.199. The normalized spacial score (nSPS) is 23.8. The third kappa shape index (κ3) is 2.71. The van der Waals surface area contributed by atoms with Gasteiger partial charge in [-0.05, 0) is 25.8 Å². The van der Waals surface area contributed by atoms with E-state index in [-0.39, 0.29) is 11.4 Å². The van der Waals surface area contributed by atoms with Crippen LogP contribution in [0.4, 0.5) is 0 Å². The first kappa shape index (κ1) is 11.5. The summed E-state index contributed by atoms with van der Waals surface area (Å²) in [7, 11) is 0. The fraction of sp³-hybridized carbons (Fsp3) is 0.909. The fourth-order valence-electron chi connectivity index (χ4n) is 1.97. The van der Waals surface area contributed by atoms with Crippen molar-refractivity contribution < 1.29 is 4.79 Å². The maximum atomic E-state index is 11.3. The molecule has 0 bridgehead atoms. The molecule has 0 aromatic heterocycles. The Kier molecular flexibility index (Phi) is 3.93. The van der Waals surface area contributed by atoms with Gasteiger partial charge >= 0.3 is 0 Å². The number of hydrogen-bond donors (Lipinski definition) is 1. The summed E-state index contributed by atoms with van der Waals surface area (Å²) in [5.74, 6) is 0.215. The Morgan fingerprint density at radius 1 is 1.43 bits per heavy atom.